The Morgan fingerprint density at radius 1 is 1.05 bits per heavy atom. The Hall–Kier alpha value is -1.31. The van der Waals surface area contributed by atoms with Crippen LogP contribution in [0.15, 0.2) is 12.1 Å². The molecular formula is C15H20BNO2. The molecule has 0 bridgehead atoms. The molecule has 0 unspecified atom stereocenters. The summed E-state index contributed by atoms with van der Waals surface area (Å²) in [6, 6.07) is 3.96. The fourth-order valence-electron chi connectivity index (χ4n) is 2.25. The summed E-state index contributed by atoms with van der Waals surface area (Å²) in [5, 5.41) is 0. The Morgan fingerprint density at radius 3 is 2.05 bits per heavy atom. The summed E-state index contributed by atoms with van der Waals surface area (Å²) < 4.78 is 12.1. The van der Waals surface area contributed by atoms with Crippen molar-refractivity contribution >= 4 is 18.3 Å². The van der Waals surface area contributed by atoms with Gasteiger partial charge in [-0.1, -0.05) is 12.1 Å². The first-order valence-electron chi connectivity index (χ1n) is 6.53. The van der Waals surface area contributed by atoms with Crippen LogP contribution >= 0.6 is 0 Å². The first kappa shape index (κ1) is 14.1. The standard InChI is InChI=1S/C15H20BNO2/c1-10-8-9-12(11(2)13(10)17-7)16-18-14(3,4)15(5,6)19-16/h8-9H,1-6H3. The summed E-state index contributed by atoms with van der Waals surface area (Å²) in [4.78, 5) is 3.61. The van der Waals surface area contributed by atoms with Crippen molar-refractivity contribution in [1.29, 1.82) is 0 Å². The van der Waals surface area contributed by atoms with Gasteiger partial charge in [0.15, 0.2) is 5.69 Å². The van der Waals surface area contributed by atoms with Gasteiger partial charge in [-0.25, -0.2) is 4.85 Å². The van der Waals surface area contributed by atoms with E-state index < -0.39 is 7.12 Å². The van der Waals surface area contributed by atoms with Gasteiger partial charge in [0.1, 0.15) is 0 Å². The number of benzene rings is 1. The molecule has 0 radical (unpaired) electrons. The molecule has 0 aromatic heterocycles. The summed E-state index contributed by atoms with van der Waals surface area (Å²) in [5.74, 6) is 0. The van der Waals surface area contributed by atoms with E-state index in [1.54, 1.807) is 0 Å². The molecule has 2 rings (SSSR count). The molecule has 0 saturated carbocycles. The lowest BCUT2D eigenvalue weighted by Gasteiger charge is -2.32. The van der Waals surface area contributed by atoms with Crippen LogP contribution in [0.25, 0.3) is 4.85 Å². The van der Waals surface area contributed by atoms with Gasteiger partial charge in [-0.15, -0.1) is 0 Å². The first-order chi connectivity index (χ1) is 8.69. The molecular weight excluding hydrogens is 237 g/mol. The van der Waals surface area contributed by atoms with Crippen LogP contribution in [-0.2, 0) is 9.31 Å². The van der Waals surface area contributed by atoms with Crippen molar-refractivity contribution in [1.82, 2.24) is 0 Å². The van der Waals surface area contributed by atoms with E-state index in [0.717, 1.165) is 16.6 Å². The summed E-state index contributed by atoms with van der Waals surface area (Å²) in [6.07, 6.45) is 0. The number of rotatable bonds is 1. The predicted molar refractivity (Wildman–Crippen MR) is 77.9 cm³/mol. The molecule has 0 amide bonds. The van der Waals surface area contributed by atoms with Crippen molar-refractivity contribution in [3.05, 3.63) is 34.7 Å². The van der Waals surface area contributed by atoms with Gasteiger partial charge in [0, 0.05) is 0 Å². The van der Waals surface area contributed by atoms with Gasteiger partial charge in [0.2, 0.25) is 0 Å². The monoisotopic (exact) mass is 257 g/mol. The second kappa shape index (κ2) is 4.36. The van der Waals surface area contributed by atoms with E-state index in [2.05, 4.69) is 4.85 Å². The third-order valence-electron chi connectivity index (χ3n) is 4.29. The van der Waals surface area contributed by atoms with Crippen molar-refractivity contribution in [2.45, 2.75) is 52.7 Å². The average molecular weight is 257 g/mol. The molecule has 19 heavy (non-hydrogen) atoms. The zero-order chi connectivity index (χ0) is 14.4. The third-order valence-corrected chi connectivity index (χ3v) is 4.29. The van der Waals surface area contributed by atoms with Crippen LogP contribution in [0.5, 0.6) is 0 Å². The molecule has 0 N–H and O–H groups in total. The lowest BCUT2D eigenvalue weighted by atomic mass is 9.75. The normalized spacial score (nSPS) is 20.4. The van der Waals surface area contributed by atoms with Crippen molar-refractivity contribution in [3.8, 4) is 0 Å². The fraction of sp³-hybridized carbons (Fsp3) is 0.533. The van der Waals surface area contributed by atoms with Gasteiger partial charge in [-0.05, 0) is 58.1 Å². The Balaban J connectivity index is 2.44. The van der Waals surface area contributed by atoms with Crippen LogP contribution in [0.3, 0.4) is 0 Å². The minimum atomic E-state index is -0.397. The van der Waals surface area contributed by atoms with Crippen molar-refractivity contribution in [2.75, 3.05) is 0 Å². The minimum absolute atomic E-state index is 0.354. The van der Waals surface area contributed by atoms with Crippen molar-refractivity contribution < 1.29 is 9.31 Å². The average Bonchev–Trinajstić information content (AvgIpc) is 2.48. The van der Waals surface area contributed by atoms with Crippen LogP contribution in [0.2, 0.25) is 0 Å². The Labute approximate surface area is 115 Å². The smallest absolute Gasteiger partial charge is 0.399 e. The van der Waals surface area contributed by atoms with Gasteiger partial charge < -0.3 is 9.31 Å². The predicted octanol–water partition coefficient (Wildman–Crippen LogP) is 3.15. The topological polar surface area (TPSA) is 22.8 Å². The highest BCUT2D eigenvalue weighted by Gasteiger charge is 2.52. The highest BCUT2D eigenvalue weighted by Crippen LogP contribution is 2.37. The molecule has 1 aromatic rings. The molecule has 1 aliphatic heterocycles. The van der Waals surface area contributed by atoms with Gasteiger partial charge in [-0.3, -0.25) is 0 Å². The van der Waals surface area contributed by atoms with Gasteiger partial charge >= 0.3 is 7.12 Å². The Morgan fingerprint density at radius 2 is 1.58 bits per heavy atom. The zero-order valence-corrected chi connectivity index (χ0v) is 12.5. The first-order valence-corrected chi connectivity index (χ1v) is 6.53. The van der Waals surface area contributed by atoms with E-state index in [1.807, 2.05) is 53.7 Å². The summed E-state index contributed by atoms with van der Waals surface area (Å²) >= 11 is 0. The molecule has 0 atom stereocenters. The molecule has 0 aliphatic carbocycles. The van der Waals surface area contributed by atoms with Crippen molar-refractivity contribution in [2.24, 2.45) is 0 Å². The summed E-state index contributed by atoms with van der Waals surface area (Å²) in [7, 11) is -0.397. The van der Waals surface area contributed by atoms with Crippen LogP contribution in [0.4, 0.5) is 5.69 Å². The number of nitrogens with zero attached hydrogens (tertiary/aromatic N) is 1. The summed E-state index contributed by atoms with van der Waals surface area (Å²) in [5.41, 5.74) is 2.89. The Bertz CT molecular complexity index is 542. The molecule has 1 heterocycles. The van der Waals surface area contributed by atoms with E-state index in [1.165, 1.54) is 0 Å². The SMILES string of the molecule is [C-]#[N+]c1c(C)ccc(B2OC(C)(C)C(C)(C)O2)c1C. The number of hydrogen-bond donors (Lipinski definition) is 0. The van der Waals surface area contributed by atoms with E-state index in [9.17, 15) is 0 Å². The van der Waals surface area contributed by atoms with E-state index >= 15 is 0 Å². The number of hydrogen-bond acceptors (Lipinski definition) is 2. The van der Waals surface area contributed by atoms with Gasteiger partial charge in [-0.2, -0.15) is 0 Å². The van der Waals surface area contributed by atoms with E-state index in [0.29, 0.717) is 5.69 Å². The molecule has 1 saturated heterocycles. The molecule has 1 aromatic carbocycles. The summed E-state index contributed by atoms with van der Waals surface area (Å²) in [6.45, 7) is 19.3. The lowest BCUT2D eigenvalue weighted by molar-refractivity contribution is 0.00578. The third kappa shape index (κ3) is 2.18. The molecule has 1 aliphatic rings. The van der Waals surface area contributed by atoms with Gasteiger partial charge in [0.25, 0.3) is 0 Å². The maximum atomic E-state index is 7.29. The maximum absolute atomic E-state index is 7.29. The van der Waals surface area contributed by atoms with Crippen LogP contribution in [0, 0.1) is 20.4 Å². The molecule has 4 heteroatoms. The Kier molecular flexibility index (Phi) is 3.24. The highest BCUT2D eigenvalue weighted by molar-refractivity contribution is 6.62. The highest BCUT2D eigenvalue weighted by atomic mass is 16.7. The molecule has 0 spiro atoms. The van der Waals surface area contributed by atoms with Crippen LogP contribution < -0.4 is 5.46 Å². The molecule has 100 valence electrons. The van der Waals surface area contributed by atoms with Crippen LogP contribution in [-0.4, -0.2) is 18.3 Å². The maximum Gasteiger partial charge on any atom is 0.493 e. The largest absolute Gasteiger partial charge is 0.493 e. The number of aryl methyl sites for hydroxylation is 1. The van der Waals surface area contributed by atoms with E-state index in [-0.39, 0.29) is 11.2 Å². The molecule has 3 nitrogen and oxygen atoms in total. The molecule has 1 fully saturated rings. The van der Waals surface area contributed by atoms with E-state index in [4.69, 9.17) is 15.9 Å². The second-order valence-corrected chi connectivity index (χ2v) is 6.15. The second-order valence-electron chi connectivity index (χ2n) is 6.15. The van der Waals surface area contributed by atoms with Crippen molar-refractivity contribution in [3.63, 3.8) is 0 Å². The lowest BCUT2D eigenvalue weighted by Crippen LogP contribution is -2.41. The quantitative estimate of drug-likeness (QED) is 0.569. The minimum Gasteiger partial charge on any atom is -0.399 e. The van der Waals surface area contributed by atoms with Crippen LogP contribution in [0.1, 0.15) is 38.8 Å². The zero-order valence-electron chi connectivity index (χ0n) is 12.5. The van der Waals surface area contributed by atoms with Gasteiger partial charge in [0.05, 0.1) is 17.8 Å². The fourth-order valence-corrected chi connectivity index (χ4v) is 2.25.